The number of nitrogens with one attached hydrogen (secondary N) is 2. The molecule has 96 valence electrons. The second kappa shape index (κ2) is 5.81. The second-order valence-corrected chi connectivity index (χ2v) is 3.93. The molecule has 0 spiro atoms. The number of hydrogen-bond acceptors (Lipinski definition) is 3. The van der Waals surface area contributed by atoms with Crippen molar-refractivity contribution >= 4 is 23.5 Å². The molecule has 0 radical (unpaired) electrons. The van der Waals surface area contributed by atoms with Crippen LogP contribution in [0.25, 0.3) is 0 Å². The Kier molecular flexibility index (Phi) is 4.42. The van der Waals surface area contributed by atoms with E-state index in [2.05, 4.69) is 10.6 Å². The molecule has 0 aliphatic heterocycles. The molecule has 0 aliphatic rings. The van der Waals surface area contributed by atoms with Crippen LogP contribution in [0, 0.1) is 0 Å². The van der Waals surface area contributed by atoms with Crippen LogP contribution in [0.5, 0.6) is 0 Å². The number of carbonyl (C=O) groups is 3. The minimum absolute atomic E-state index is 0.0549. The Balaban J connectivity index is 2.96. The summed E-state index contributed by atoms with van der Waals surface area (Å²) in [6.45, 7) is 3.60. The van der Waals surface area contributed by atoms with Gasteiger partial charge in [0.2, 0.25) is 0 Å². The first-order valence-corrected chi connectivity index (χ1v) is 5.36. The van der Waals surface area contributed by atoms with Gasteiger partial charge in [-0.2, -0.15) is 0 Å². The highest BCUT2D eigenvalue weighted by Gasteiger charge is 2.16. The fourth-order valence-corrected chi connectivity index (χ4v) is 1.31. The lowest BCUT2D eigenvalue weighted by molar-refractivity contribution is -0.147. The molecule has 0 aromatic heterocycles. The SMILES string of the molecule is CC(C)NC(=O)c1ccccc1NC(=O)C(=O)O. The highest BCUT2D eigenvalue weighted by Crippen LogP contribution is 2.15. The smallest absolute Gasteiger partial charge is 0.394 e. The minimum atomic E-state index is -1.60. The number of hydrogen-bond donors (Lipinski definition) is 3. The number of rotatable bonds is 3. The van der Waals surface area contributed by atoms with E-state index in [-0.39, 0.29) is 23.2 Å². The molecule has 0 atom stereocenters. The van der Waals surface area contributed by atoms with Crippen molar-refractivity contribution in [3.05, 3.63) is 29.8 Å². The molecule has 18 heavy (non-hydrogen) atoms. The first kappa shape index (κ1) is 13.7. The van der Waals surface area contributed by atoms with E-state index in [0.717, 1.165) is 0 Å². The number of carboxylic acid groups (broad SMARTS) is 1. The van der Waals surface area contributed by atoms with Gasteiger partial charge in [0.1, 0.15) is 0 Å². The van der Waals surface area contributed by atoms with Crippen LogP contribution in [-0.2, 0) is 9.59 Å². The lowest BCUT2D eigenvalue weighted by Crippen LogP contribution is -2.31. The topological polar surface area (TPSA) is 95.5 Å². The fourth-order valence-electron chi connectivity index (χ4n) is 1.31. The largest absolute Gasteiger partial charge is 0.474 e. The van der Waals surface area contributed by atoms with Gasteiger partial charge in [0.25, 0.3) is 5.91 Å². The predicted molar refractivity (Wildman–Crippen MR) is 65.3 cm³/mol. The Morgan fingerprint density at radius 3 is 2.33 bits per heavy atom. The van der Waals surface area contributed by atoms with Gasteiger partial charge in [0.05, 0.1) is 11.3 Å². The third kappa shape index (κ3) is 3.58. The molecule has 0 fully saturated rings. The summed E-state index contributed by atoms with van der Waals surface area (Å²) in [7, 11) is 0. The van der Waals surface area contributed by atoms with Crippen LogP contribution in [0.3, 0.4) is 0 Å². The van der Waals surface area contributed by atoms with Gasteiger partial charge in [0, 0.05) is 6.04 Å². The summed E-state index contributed by atoms with van der Waals surface area (Å²) in [5.41, 5.74) is 0.392. The number of anilines is 1. The van der Waals surface area contributed by atoms with Gasteiger partial charge < -0.3 is 15.7 Å². The van der Waals surface area contributed by atoms with Crippen molar-refractivity contribution in [2.75, 3.05) is 5.32 Å². The van der Waals surface area contributed by atoms with Crippen molar-refractivity contribution in [1.82, 2.24) is 5.32 Å². The number of carboxylic acids is 1. The Morgan fingerprint density at radius 2 is 1.78 bits per heavy atom. The van der Waals surface area contributed by atoms with Crippen molar-refractivity contribution < 1.29 is 19.5 Å². The van der Waals surface area contributed by atoms with E-state index >= 15 is 0 Å². The number of carbonyl (C=O) groups excluding carboxylic acids is 2. The van der Waals surface area contributed by atoms with E-state index in [0.29, 0.717) is 0 Å². The predicted octanol–water partition coefficient (Wildman–Crippen LogP) is 0.848. The molecule has 0 saturated heterocycles. The molecule has 0 aliphatic carbocycles. The first-order chi connectivity index (χ1) is 8.41. The summed E-state index contributed by atoms with van der Waals surface area (Å²) < 4.78 is 0. The summed E-state index contributed by atoms with van der Waals surface area (Å²) in [6.07, 6.45) is 0. The standard InChI is InChI=1S/C12H14N2O4/c1-7(2)13-10(15)8-5-3-4-6-9(8)14-11(16)12(17)18/h3-7H,1-2H3,(H,13,15)(H,14,16)(H,17,18). The average molecular weight is 250 g/mol. The van der Waals surface area contributed by atoms with Crippen molar-refractivity contribution in [2.24, 2.45) is 0 Å². The molecule has 1 aromatic rings. The molecule has 0 bridgehead atoms. The fraction of sp³-hybridized carbons (Fsp3) is 0.250. The zero-order chi connectivity index (χ0) is 13.7. The van der Waals surface area contributed by atoms with E-state index in [4.69, 9.17) is 5.11 Å². The molecule has 6 nitrogen and oxygen atoms in total. The summed E-state index contributed by atoms with van der Waals surface area (Å²) in [6, 6.07) is 6.15. The molecule has 2 amide bonds. The van der Waals surface area contributed by atoms with E-state index < -0.39 is 11.9 Å². The van der Waals surface area contributed by atoms with Crippen LogP contribution in [0.15, 0.2) is 24.3 Å². The molecule has 6 heteroatoms. The number of benzene rings is 1. The van der Waals surface area contributed by atoms with Crippen LogP contribution in [0.4, 0.5) is 5.69 Å². The molecule has 1 rings (SSSR count). The van der Waals surface area contributed by atoms with Crippen LogP contribution in [0.1, 0.15) is 24.2 Å². The van der Waals surface area contributed by atoms with E-state index in [1.54, 1.807) is 26.0 Å². The van der Waals surface area contributed by atoms with E-state index in [1.807, 2.05) is 0 Å². The minimum Gasteiger partial charge on any atom is -0.474 e. The average Bonchev–Trinajstić information content (AvgIpc) is 2.28. The highest BCUT2D eigenvalue weighted by molar-refractivity contribution is 6.36. The van der Waals surface area contributed by atoms with Crippen LogP contribution < -0.4 is 10.6 Å². The Labute approximate surface area is 104 Å². The van der Waals surface area contributed by atoms with Crippen molar-refractivity contribution in [1.29, 1.82) is 0 Å². The monoisotopic (exact) mass is 250 g/mol. The molecule has 0 unspecified atom stereocenters. The van der Waals surface area contributed by atoms with Gasteiger partial charge >= 0.3 is 11.9 Å². The maximum atomic E-state index is 11.8. The zero-order valence-corrected chi connectivity index (χ0v) is 10.1. The third-order valence-corrected chi connectivity index (χ3v) is 2.03. The third-order valence-electron chi connectivity index (χ3n) is 2.03. The van der Waals surface area contributed by atoms with Gasteiger partial charge in [-0.15, -0.1) is 0 Å². The highest BCUT2D eigenvalue weighted by atomic mass is 16.4. The summed E-state index contributed by atoms with van der Waals surface area (Å²) >= 11 is 0. The molecule has 3 N–H and O–H groups in total. The molecular formula is C12H14N2O4. The molecule has 1 aromatic carbocycles. The number of amides is 2. The van der Waals surface area contributed by atoms with Crippen molar-refractivity contribution in [3.63, 3.8) is 0 Å². The molecule has 0 heterocycles. The van der Waals surface area contributed by atoms with E-state index in [9.17, 15) is 14.4 Å². The maximum Gasteiger partial charge on any atom is 0.394 e. The van der Waals surface area contributed by atoms with Gasteiger partial charge in [-0.05, 0) is 26.0 Å². The Hall–Kier alpha value is -2.37. The maximum absolute atomic E-state index is 11.8. The van der Waals surface area contributed by atoms with Gasteiger partial charge in [-0.25, -0.2) is 4.79 Å². The Morgan fingerprint density at radius 1 is 1.17 bits per heavy atom. The molecular weight excluding hydrogens is 236 g/mol. The van der Waals surface area contributed by atoms with E-state index in [1.165, 1.54) is 12.1 Å². The lowest BCUT2D eigenvalue weighted by atomic mass is 10.1. The summed E-state index contributed by atoms with van der Waals surface area (Å²) in [5.74, 6) is -3.15. The van der Waals surface area contributed by atoms with Gasteiger partial charge in [-0.1, -0.05) is 12.1 Å². The van der Waals surface area contributed by atoms with Gasteiger partial charge in [0.15, 0.2) is 0 Å². The second-order valence-electron chi connectivity index (χ2n) is 3.93. The molecule has 0 saturated carbocycles. The first-order valence-electron chi connectivity index (χ1n) is 5.36. The summed E-state index contributed by atoms with van der Waals surface area (Å²) in [4.78, 5) is 33.3. The van der Waals surface area contributed by atoms with Gasteiger partial charge in [-0.3, -0.25) is 9.59 Å². The zero-order valence-electron chi connectivity index (χ0n) is 10.1. The Bertz CT molecular complexity index is 483. The number of para-hydroxylation sites is 1. The number of aliphatic carboxylic acids is 1. The van der Waals surface area contributed by atoms with Crippen LogP contribution in [0.2, 0.25) is 0 Å². The van der Waals surface area contributed by atoms with Crippen molar-refractivity contribution in [2.45, 2.75) is 19.9 Å². The van der Waals surface area contributed by atoms with Crippen molar-refractivity contribution in [3.8, 4) is 0 Å². The normalized spacial score (nSPS) is 9.94. The summed E-state index contributed by atoms with van der Waals surface area (Å²) in [5, 5.41) is 13.3. The van der Waals surface area contributed by atoms with Crippen LogP contribution >= 0.6 is 0 Å². The quantitative estimate of drug-likeness (QED) is 0.693. The lowest BCUT2D eigenvalue weighted by Gasteiger charge is -2.12. The van der Waals surface area contributed by atoms with Crippen LogP contribution in [-0.4, -0.2) is 28.9 Å².